The van der Waals surface area contributed by atoms with Crippen LogP contribution in [0.15, 0.2) is 66.7 Å². The predicted molar refractivity (Wildman–Crippen MR) is 107 cm³/mol. The van der Waals surface area contributed by atoms with E-state index in [0.29, 0.717) is 17.0 Å². The van der Waals surface area contributed by atoms with Crippen molar-refractivity contribution in [1.29, 1.82) is 0 Å². The van der Waals surface area contributed by atoms with Crippen molar-refractivity contribution < 1.29 is 9.53 Å². The lowest BCUT2D eigenvalue weighted by Gasteiger charge is -2.07. The Labute approximate surface area is 157 Å². The topological polar surface area (TPSA) is 67.0 Å². The molecule has 2 N–H and O–H groups in total. The van der Waals surface area contributed by atoms with Crippen LogP contribution in [-0.4, -0.2) is 23.0 Å². The van der Waals surface area contributed by atoms with Gasteiger partial charge in [0.1, 0.15) is 11.6 Å². The number of H-pyrrole nitrogens is 1. The SMILES string of the molecule is COc1ccc(C(=O)Nc2cccc(-c3nc4ccc(C)cc4[nH]3)c2)cc1. The molecule has 0 saturated heterocycles. The number of anilines is 1. The minimum absolute atomic E-state index is 0.171. The molecule has 0 spiro atoms. The molecule has 0 fully saturated rings. The molecule has 3 aromatic carbocycles. The maximum absolute atomic E-state index is 12.5. The molecule has 5 nitrogen and oxygen atoms in total. The number of benzene rings is 3. The zero-order valence-corrected chi connectivity index (χ0v) is 15.1. The lowest BCUT2D eigenvalue weighted by Crippen LogP contribution is -2.11. The van der Waals surface area contributed by atoms with Crippen molar-refractivity contribution in [3.63, 3.8) is 0 Å². The van der Waals surface area contributed by atoms with Crippen LogP contribution in [0, 0.1) is 6.92 Å². The highest BCUT2D eigenvalue weighted by Gasteiger charge is 2.09. The van der Waals surface area contributed by atoms with E-state index in [1.165, 1.54) is 5.56 Å². The first-order valence-electron chi connectivity index (χ1n) is 8.64. The number of carbonyl (C=O) groups is 1. The van der Waals surface area contributed by atoms with E-state index in [4.69, 9.17) is 4.74 Å². The van der Waals surface area contributed by atoms with Crippen molar-refractivity contribution >= 4 is 22.6 Å². The molecule has 0 saturated carbocycles. The number of amides is 1. The van der Waals surface area contributed by atoms with E-state index in [2.05, 4.69) is 28.3 Å². The van der Waals surface area contributed by atoms with E-state index >= 15 is 0 Å². The Morgan fingerprint density at radius 1 is 1.04 bits per heavy atom. The molecule has 1 heterocycles. The van der Waals surface area contributed by atoms with Crippen LogP contribution >= 0.6 is 0 Å². The molecule has 1 amide bonds. The van der Waals surface area contributed by atoms with Gasteiger partial charge in [-0.1, -0.05) is 18.2 Å². The highest BCUT2D eigenvalue weighted by atomic mass is 16.5. The molecule has 4 aromatic rings. The van der Waals surface area contributed by atoms with E-state index in [-0.39, 0.29) is 5.91 Å². The second-order valence-electron chi connectivity index (χ2n) is 6.37. The van der Waals surface area contributed by atoms with Gasteiger partial charge in [0.2, 0.25) is 0 Å². The molecule has 0 aliphatic carbocycles. The standard InChI is InChI=1S/C22H19N3O2/c1-14-6-11-19-20(12-14)25-21(24-19)16-4-3-5-17(13-16)23-22(26)15-7-9-18(27-2)10-8-15/h3-13H,1-2H3,(H,23,26)(H,24,25). The molecular weight excluding hydrogens is 338 g/mol. The third kappa shape index (κ3) is 3.53. The summed E-state index contributed by atoms with van der Waals surface area (Å²) >= 11 is 0. The number of fused-ring (bicyclic) bond motifs is 1. The van der Waals surface area contributed by atoms with Gasteiger partial charge in [-0.15, -0.1) is 0 Å². The number of hydrogen-bond acceptors (Lipinski definition) is 3. The van der Waals surface area contributed by atoms with Gasteiger partial charge in [0.05, 0.1) is 18.1 Å². The summed E-state index contributed by atoms with van der Waals surface area (Å²) in [6.45, 7) is 2.05. The molecule has 134 valence electrons. The van der Waals surface area contributed by atoms with Gasteiger partial charge in [-0.25, -0.2) is 4.98 Å². The second-order valence-corrected chi connectivity index (χ2v) is 6.37. The van der Waals surface area contributed by atoms with Gasteiger partial charge in [-0.2, -0.15) is 0 Å². The smallest absolute Gasteiger partial charge is 0.255 e. The molecule has 4 rings (SSSR count). The van der Waals surface area contributed by atoms with Crippen LogP contribution in [0.5, 0.6) is 5.75 Å². The number of aromatic nitrogens is 2. The van der Waals surface area contributed by atoms with E-state index < -0.39 is 0 Å². The number of aryl methyl sites for hydroxylation is 1. The number of imidazole rings is 1. The van der Waals surface area contributed by atoms with Crippen LogP contribution < -0.4 is 10.1 Å². The van der Waals surface area contributed by atoms with Crippen molar-refractivity contribution in [2.24, 2.45) is 0 Å². The summed E-state index contributed by atoms with van der Waals surface area (Å²) in [5.41, 5.74) is 5.29. The number of nitrogens with one attached hydrogen (secondary N) is 2. The van der Waals surface area contributed by atoms with Crippen molar-refractivity contribution in [2.75, 3.05) is 12.4 Å². The van der Waals surface area contributed by atoms with Crippen LogP contribution in [0.2, 0.25) is 0 Å². The van der Waals surface area contributed by atoms with Gasteiger partial charge in [-0.05, 0) is 61.0 Å². The fourth-order valence-electron chi connectivity index (χ4n) is 2.95. The summed E-state index contributed by atoms with van der Waals surface area (Å²) in [5.74, 6) is 1.32. The van der Waals surface area contributed by atoms with Crippen LogP contribution in [0.25, 0.3) is 22.4 Å². The fraction of sp³-hybridized carbons (Fsp3) is 0.0909. The Bertz CT molecular complexity index is 1110. The molecule has 27 heavy (non-hydrogen) atoms. The van der Waals surface area contributed by atoms with Gasteiger partial charge in [0.25, 0.3) is 5.91 Å². The average molecular weight is 357 g/mol. The lowest BCUT2D eigenvalue weighted by molar-refractivity contribution is 0.102. The first kappa shape index (κ1) is 16.8. The van der Waals surface area contributed by atoms with Crippen molar-refractivity contribution in [3.05, 3.63) is 77.9 Å². The number of hydrogen-bond donors (Lipinski definition) is 2. The molecule has 1 aromatic heterocycles. The molecular formula is C22H19N3O2. The van der Waals surface area contributed by atoms with E-state index in [9.17, 15) is 4.79 Å². The normalized spacial score (nSPS) is 10.7. The van der Waals surface area contributed by atoms with E-state index in [1.54, 1.807) is 31.4 Å². The first-order valence-corrected chi connectivity index (χ1v) is 8.64. The lowest BCUT2D eigenvalue weighted by atomic mass is 10.1. The monoisotopic (exact) mass is 357 g/mol. The number of methoxy groups -OCH3 is 1. The van der Waals surface area contributed by atoms with Gasteiger partial charge < -0.3 is 15.0 Å². The minimum Gasteiger partial charge on any atom is -0.497 e. The van der Waals surface area contributed by atoms with E-state index in [1.807, 2.05) is 36.4 Å². The number of rotatable bonds is 4. The third-order valence-corrected chi connectivity index (χ3v) is 4.38. The highest BCUT2D eigenvalue weighted by Crippen LogP contribution is 2.24. The van der Waals surface area contributed by atoms with Crippen molar-refractivity contribution in [1.82, 2.24) is 9.97 Å². The molecule has 0 atom stereocenters. The molecule has 0 radical (unpaired) electrons. The summed E-state index contributed by atoms with van der Waals surface area (Å²) in [6, 6.07) is 20.7. The number of nitrogens with zero attached hydrogens (tertiary/aromatic N) is 1. The summed E-state index contributed by atoms with van der Waals surface area (Å²) in [6.07, 6.45) is 0. The number of ether oxygens (including phenoxy) is 1. The second kappa shape index (κ2) is 6.96. The van der Waals surface area contributed by atoms with E-state index in [0.717, 1.165) is 22.4 Å². The number of carbonyl (C=O) groups excluding carboxylic acids is 1. The summed E-state index contributed by atoms with van der Waals surface area (Å²) < 4.78 is 5.12. The maximum atomic E-state index is 12.5. The zero-order chi connectivity index (χ0) is 18.8. The first-order chi connectivity index (χ1) is 13.1. The Morgan fingerprint density at radius 2 is 1.85 bits per heavy atom. The maximum Gasteiger partial charge on any atom is 0.255 e. The van der Waals surface area contributed by atoms with Crippen molar-refractivity contribution in [3.8, 4) is 17.1 Å². The van der Waals surface area contributed by atoms with Crippen LogP contribution in [0.1, 0.15) is 15.9 Å². The summed E-state index contributed by atoms with van der Waals surface area (Å²) in [7, 11) is 1.60. The van der Waals surface area contributed by atoms with Crippen LogP contribution in [0.3, 0.4) is 0 Å². The summed E-state index contributed by atoms with van der Waals surface area (Å²) in [5, 5.41) is 2.93. The van der Waals surface area contributed by atoms with Gasteiger partial charge in [0, 0.05) is 16.8 Å². The molecule has 0 bridgehead atoms. The largest absolute Gasteiger partial charge is 0.497 e. The molecule has 0 unspecified atom stereocenters. The average Bonchev–Trinajstić information content (AvgIpc) is 3.11. The van der Waals surface area contributed by atoms with Gasteiger partial charge >= 0.3 is 0 Å². The fourth-order valence-corrected chi connectivity index (χ4v) is 2.95. The Kier molecular flexibility index (Phi) is 4.34. The molecule has 0 aliphatic rings. The summed E-state index contributed by atoms with van der Waals surface area (Å²) in [4.78, 5) is 20.4. The highest BCUT2D eigenvalue weighted by molar-refractivity contribution is 6.04. The van der Waals surface area contributed by atoms with Gasteiger partial charge in [0.15, 0.2) is 0 Å². The third-order valence-electron chi connectivity index (χ3n) is 4.38. The predicted octanol–water partition coefficient (Wildman–Crippen LogP) is 4.80. The quantitative estimate of drug-likeness (QED) is 0.551. The Morgan fingerprint density at radius 3 is 2.63 bits per heavy atom. The Hall–Kier alpha value is -3.60. The van der Waals surface area contributed by atoms with Crippen LogP contribution in [-0.2, 0) is 0 Å². The number of aromatic amines is 1. The zero-order valence-electron chi connectivity index (χ0n) is 15.1. The van der Waals surface area contributed by atoms with Crippen molar-refractivity contribution in [2.45, 2.75) is 6.92 Å². The molecule has 0 aliphatic heterocycles. The van der Waals surface area contributed by atoms with Gasteiger partial charge in [-0.3, -0.25) is 4.79 Å². The van der Waals surface area contributed by atoms with Crippen LogP contribution in [0.4, 0.5) is 5.69 Å². The minimum atomic E-state index is -0.171. The Balaban J connectivity index is 1.58. The molecule has 5 heteroatoms.